The fourth-order valence-electron chi connectivity index (χ4n) is 2.22. The molecule has 1 aromatic carbocycles. The average molecular weight is 295 g/mol. The van der Waals surface area contributed by atoms with Gasteiger partial charge in [-0.25, -0.2) is 14.0 Å². The maximum absolute atomic E-state index is 12.8. The van der Waals surface area contributed by atoms with E-state index in [0.29, 0.717) is 31.6 Å². The SMILES string of the molecule is COC(=O)N1CCC(NC(=O)Nc2ccc(F)cc2)CC1. The van der Waals surface area contributed by atoms with Gasteiger partial charge in [-0.2, -0.15) is 0 Å². The van der Waals surface area contributed by atoms with Crippen LogP contribution in [0.5, 0.6) is 0 Å². The normalized spacial score (nSPS) is 15.4. The molecule has 0 unspecified atom stereocenters. The van der Waals surface area contributed by atoms with Gasteiger partial charge >= 0.3 is 12.1 Å². The number of hydrogen-bond acceptors (Lipinski definition) is 3. The predicted molar refractivity (Wildman–Crippen MR) is 75.6 cm³/mol. The van der Waals surface area contributed by atoms with Crippen molar-refractivity contribution in [3.63, 3.8) is 0 Å². The standard InChI is InChI=1S/C14H18FN3O3/c1-21-14(20)18-8-6-12(7-9-18)17-13(19)16-11-4-2-10(15)3-5-11/h2-5,12H,6-9H2,1H3,(H2,16,17,19). The Hall–Kier alpha value is -2.31. The smallest absolute Gasteiger partial charge is 0.409 e. The van der Waals surface area contributed by atoms with Crippen LogP contribution in [0.1, 0.15) is 12.8 Å². The number of ether oxygens (including phenoxy) is 1. The van der Waals surface area contributed by atoms with Gasteiger partial charge in [0.15, 0.2) is 0 Å². The van der Waals surface area contributed by atoms with E-state index in [9.17, 15) is 14.0 Å². The molecule has 3 amide bonds. The van der Waals surface area contributed by atoms with Crippen LogP contribution in [0, 0.1) is 5.82 Å². The molecule has 6 nitrogen and oxygen atoms in total. The number of halogens is 1. The highest BCUT2D eigenvalue weighted by Gasteiger charge is 2.24. The summed E-state index contributed by atoms with van der Waals surface area (Å²) in [5, 5.41) is 5.48. The van der Waals surface area contributed by atoms with Gasteiger partial charge in [0.05, 0.1) is 7.11 Å². The zero-order valence-electron chi connectivity index (χ0n) is 11.8. The Labute approximate surface area is 122 Å². The minimum atomic E-state index is -0.351. The van der Waals surface area contributed by atoms with Gasteiger partial charge in [-0.05, 0) is 37.1 Å². The summed E-state index contributed by atoms with van der Waals surface area (Å²) in [5.41, 5.74) is 0.529. The van der Waals surface area contributed by atoms with Gasteiger partial charge in [0.1, 0.15) is 5.82 Å². The number of carbonyl (C=O) groups excluding carboxylic acids is 2. The van der Waals surface area contributed by atoms with E-state index in [4.69, 9.17) is 0 Å². The van der Waals surface area contributed by atoms with Gasteiger partial charge < -0.3 is 20.3 Å². The van der Waals surface area contributed by atoms with Crippen molar-refractivity contribution in [1.82, 2.24) is 10.2 Å². The maximum atomic E-state index is 12.8. The molecule has 0 atom stereocenters. The third kappa shape index (κ3) is 4.34. The molecule has 7 heteroatoms. The highest BCUT2D eigenvalue weighted by molar-refractivity contribution is 5.89. The number of rotatable bonds is 2. The Balaban J connectivity index is 1.76. The van der Waals surface area contributed by atoms with Crippen molar-refractivity contribution in [2.75, 3.05) is 25.5 Å². The van der Waals surface area contributed by atoms with Gasteiger partial charge in [-0.1, -0.05) is 0 Å². The van der Waals surface area contributed by atoms with Crippen LogP contribution in [0.25, 0.3) is 0 Å². The number of nitrogens with zero attached hydrogens (tertiary/aromatic N) is 1. The summed E-state index contributed by atoms with van der Waals surface area (Å²) in [6.45, 7) is 1.10. The molecule has 1 aliphatic heterocycles. The number of methoxy groups -OCH3 is 1. The number of piperidine rings is 1. The molecule has 1 heterocycles. The van der Waals surface area contributed by atoms with Crippen molar-refractivity contribution in [1.29, 1.82) is 0 Å². The molecule has 114 valence electrons. The van der Waals surface area contributed by atoms with Crippen molar-refractivity contribution in [2.45, 2.75) is 18.9 Å². The van der Waals surface area contributed by atoms with E-state index in [-0.39, 0.29) is 24.0 Å². The molecule has 2 rings (SSSR count). The summed E-state index contributed by atoms with van der Waals surface area (Å²) in [5.74, 6) is -0.351. The van der Waals surface area contributed by atoms with Crippen molar-refractivity contribution < 1.29 is 18.7 Å². The first kappa shape index (κ1) is 15.1. The molecule has 0 aliphatic carbocycles. The second-order valence-electron chi connectivity index (χ2n) is 4.84. The van der Waals surface area contributed by atoms with Crippen LogP contribution in [-0.4, -0.2) is 43.3 Å². The van der Waals surface area contributed by atoms with Crippen LogP contribution in [-0.2, 0) is 4.74 Å². The van der Waals surface area contributed by atoms with E-state index < -0.39 is 0 Å². The van der Waals surface area contributed by atoms with Crippen LogP contribution in [0.4, 0.5) is 19.7 Å². The Morgan fingerprint density at radius 3 is 2.43 bits per heavy atom. The predicted octanol–water partition coefficient (Wildman–Crippen LogP) is 2.18. The number of urea groups is 1. The van der Waals surface area contributed by atoms with Gasteiger partial charge in [-0.3, -0.25) is 0 Å². The maximum Gasteiger partial charge on any atom is 0.409 e. The molecular weight excluding hydrogens is 277 g/mol. The lowest BCUT2D eigenvalue weighted by Crippen LogP contribution is -2.47. The van der Waals surface area contributed by atoms with Crippen molar-refractivity contribution in [3.05, 3.63) is 30.1 Å². The lowest BCUT2D eigenvalue weighted by atomic mass is 10.1. The molecule has 0 spiro atoms. The van der Waals surface area contributed by atoms with Crippen molar-refractivity contribution in [2.24, 2.45) is 0 Å². The van der Waals surface area contributed by atoms with E-state index in [1.165, 1.54) is 31.4 Å². The summed E-state index contributed by atoms with van der Waals surface area (Å²) >= 11 is 0. The zero-order valence-corrected chi connectivity index (χ0v) is 11.8. The summed E-state index contributed by atoms with van der Waals surface area (Å²) in [4.78, 5) is 24.8. The van der Waals surface area contributed by atoms with E-state index in [0.717, 1.165) is 0 Å². The van der Waals surface area contributed by atoms with Gasteiger partial charge in [0.2, 0.25) is 0 Å². The van der Waals surface area contributed by atoms with Crippen LogP contribution in [0.15, 0.2) is 24.3 Å². The number of hydrogen-bond donors (Lipinski definition) is 2. The van der Waals surface area contributed by atoms with Gasteiger partial charge in [0.25, 0.3) is 0 Å². The molecular formula is C14H18FN3O3. The lowest BCUT2D eigenvalue weighted by molar-refractivity contribution is 0.110. The highest BCUT2D eigenvalue weighted by Crippen LogP contribution is 2.12. The quantitative estimate of drug-likeness (QED) is 0.878. The van der Waals surface area contributed by atoms with Crippen LogP contribution < -0.4 is 10.6 Å². The molecule has 1 aromatic rings. The monoisotopic (exact) mass is 295 g/mol. The molecule has 1 fully saturated rings. The molecule has 2 N–H and O–H groups in total. The Bertz CT molecular complexity index is 499. The number of carbonyl (C=O) groups is 2. The molecule has 21 heavy (non-hydrogen) atoms. The van der Waals surface area contributed by atoms with E-state index >= 15 is 0 Å². The van der Waals surface area contributed by atoms with Crippen molar-refractivity contribution in [3.8, 4) is 0 Å². The van der Waals surface area contributed by atoms with E-state index in [1.54, 1.807) is 4.90 Å². The van der Waals surface area contributed by atoms with Gasteiger partial charge in [-0.15, -0.1) is 0 Å². The zero-order chi connectivity index (χ0) is 15.2. The Morgan fingerprint density at radius 1 is 1.24 bits per heavy atom. The van der Waals surface area contributed by atoms with E-state index in [2.05, 4.69) is 15.4 Å². The second-order valence-corrected chi connectivity index (χ2v) is 4.84. The number of anilines is 1. The van der Waals surface area contributed by atoms with Gasteiger partial charge in [0, 0.05) is 24.8 Å². The van der Waals surface area contributed by atoms with E-state index in [1.807, 2.05) is 0 Å². The average Bonchev–Trinajstić information content (AvgIpc) is 2.49. The van der Waals surface area contributed by atoms with Crippen LogP contribution >= 0.6 is 0 Å². The summed E-state index contributed by atoms with van der Waals surface area (Å²) < 4.78 is 17.4. The first-order chi connectivity index (χ1) is 10.1. The molecule has 0 saturated carbocycles. The minimum Gasteiger partial charge on any atom is -0.453 e. The largest absolute Gasteiger partial charge is 0.453 e. The number of amides is 3. The number of benzene rings is 1. The lowest BCUT2D eigenvalue weighted by Gasteiger charge is -2.31. The van der Waals surface area contributed by atoms with Crippen LogP contribution in [0.3, 0.4) is 0 Å². The number of likely N-dealkylation sites (tertiary alicyclic amines) is 1. The third-order valence-electron chi connectivity index (χ3n) is 3.37. The Morgan fingerprint density at radius 2 is 1.86 bits per heavy atom. The minimum absolute atomic E-state index is 0.00588. The first-order valence-corrected chi connectivity index (χ1v) is 6.74. The summed E-state index contributed by atoms with van der Waals surface area (Å²) in [7, 11) is 1.35. The topological polar surface area (TPSA) is 70.7 Å². The molecule has 1 aliphatic rings. The van der Waals surface area contributed by atoms with Crippen LogP contribution in [0.2, 0.25) is 0 Å². The molecule has 1 saturated heterocycles. The second kappa shape index (κ2) is 6.92. The molecule has 0 aromatic heterocycles. The number of nitrogens with one attached hydrogen (secondary N) is 2. The third-order valence-corrected chi connectivity index (χ3v) is 3.37. The summed E-state index contributed by atoms with van der Waals surface area (Å²) in [6, 6.07) is 5.22. The van der Waals surface area contributed by atoms with Crippen molar-refractivity contribution >= 4 is 17.8 Å². The summed E-state index contributed by atoms with van der Waals surface area (Å²) in [6.07, 6.45) is 1.00. The fourth-order valence-corrected chi connectivity index (χ4v) is 2.22. The molecule has 0 radical (unpaired) electrons. The Kier molecular flexibility index (Phi) is 4.97. The highest BCUT2D eigenvalue weighted by atomic mass is 19.1. The molecule has 0 bridgehead atoms. The first-order valence-electron chi connectivity index (χ1n) is 6.74. The fraction of sp³-hybridized carbons (Fsp3) is 0.429.